The molecule has 0 saturated carbocycles. The van der Waals surface area contributed by atoms with Gasteiger partial charge in [0.05, 0.1) is 18.8 Å². The summed E-state index contributed by atoms with van der Waals surface area (Å²) in [7, 11) is 0. The number of alkyl halides is 3. The first-order valence-electron chi connectivity index (χ1n) is 8.11. The van der Waals surface area contributed by atoms with E-state index >= 15 is 0 Å². The number of carbonyl (C=O) groups excluding carboxylic acids is 1. The maximum atomic E-state index is 12.3. The molecule has 0 spiro atoms. The number of hydrogen-bond acceptors (Lipinski definition) is 3. The summed E-state index contributed by atoms with van der Waals surface area (Å²) >= 11 is 0. The predicted molar refractivity (Wildman–Crippen MR) is 90.9 cm³/mol. The van der Waals surface area contributed by atoms with Gasteiger partial charge >= 0.3 is 6.18 Å². The van der Waals surface area contributed by atoms with E-state index in [4.69, 9.17) is 4.74 Å². The van der Waals surface area contributed by atoms with E-state index < -0.39 is 12.8 Å². The number of ether oxygens (including phenoxy) is 2. The van der Waals surface area contributed by atoms with Crippen LogP contribution < -0.4 is 10.1 Å². The van der Waals surface area contributed by atoms with Crippen molar-refractivity contribution in [2.75, 3.05) is 13.2 Å². The lowest BCUT2D eigenvalue weighted by Gasteiger charge is -2.11. The third kappa shape index (κ3) is 6.40. The Bertz CT molecular complexity index is 715. The first-order chi connectivity index (χ1) is 12.4. The average molecular weight is 367 g/mol. The fourth-order valence-corrected chi connectivity index (χ4v) is 2.25. The van der Waals surface area contributed by atoms with Crippen LogP contribution in [0.2, 0.25) is 0 Å². The number of hydrogen-bond donors (Lipinski definition) is 1. The van der Waals surface area contributed by atoms with Crippen LogP contribution in [-0.4, -0.2) is 25.3 Å². The van der Waals surface area contributed by atoms with Gasteiger partial charge in [0.2, 0.25) is 0 Å². The van der Waals surface area contributed by atoms with Crippen molar-refractivity contribution in [3.8, 4) is 5.75 Å². The minimum absolute atomic E-state index is 0.117. The van der Waals surface area contributed by atoms with Gasteiger partial charge in [0, 0.05) is 6.54 Å². The van der Waals surface area contributed by atoms with Crippen LogP contribution in [0.1, 0.15) is 28.4 Å². The quantitative estimate of drug-likeness (QED) is 0.764. The molecule has 0 heterocycles. The lowest BCUT2D eigenvalue weighted by molar-refractivity contribution is -0.176. The highest BCUT2D eigenvalue weighted by Crippen LogP contribution is 2.18. The molecular weight excluding hydrogens is 347 g/mol. The predicted octanol–water partition coefficient (Wildman–Crippen LogP) is 4.09. The van der Waals surface area contributed by atoms with Crippen molar-refractivity contribution >= 4 is 5.91 Å². The third-order valence-electron chi connectivity index (χ3n) is 3.44. The van der Waals surface area contributed by atoms with Gasteiger partial charge < -0.3 is 14.8 Å². The number of para-hydroxylation sites is 1. The zero-order valence-corrected chi connectivity index (χ0v) is 14.3. The fourth-order valence-electron chi connectivity index (χ4n) is 2.25. The van der Waals surface area contributed by atoms with Crippen molar-refractivity contribution in [3.05, 3.63) is 65.2 Å². The molecule has 0 fully saturated rings. The van der Waals surface area contributed by atoms with Gasteiger partial charge in [-0.3, -0.25) is 4.79 Å². The molecule has 1 N–H and O–H groups in total. The second kappa shape index (κ2) is 9.24. The van der Waals surface area contributed by atoms with Crippen molar-refractivity contribution in [3.63, 3.8) is 0 Å². The molecule has 0 aliphatic carbocycles. The smallest absolute Gasteiger partial charge is 0.411 e. The van der Waals surface area contributed by atoms with Gasteiger partial charge in [0.1, 0.15) is 12.4 Å². The van der Waals surface area contributed by atoms with E-state index in [1.807, 2.05) is 6.92 Å². The monoisotopic (exact) mass is 367 g/mol. The lowest BCUT2D eigenvalue weighted by atomic mass is 10.1. The lowest BCUT2D eigenvalue weighted by Crippen LogP contribution is -2.23. The van der Waals surface area contributed by atoms with E-state index in [0.717, 1.165) is 5.56 Å². The maximum absolute atomic E-state index is 12.3. The zero-order valence-electron chi connectivity index (χ0n) is 14.3. The van der Waals surface area contributed by atoms with Crippen LogP contribution in [0.15, 0.2) is 48.5 Å². The standard InChI is InChI=1S/C19H20F3NO3/c1-2-26-17-6-4-3-5-16(17)18(24)23-11-14-7-9-15(10-8-14)12-25-13-19(20,21)22/h3-10H,2,11-13H2,1H3,(H,23,24). The molecule has 0 radical (unpaired) electrons. The van der Waals surface area contributed by atoms with Gasteiger partial charge in [-0.25, -0.2) is 0 Å². The molecule has 140 valence electrons. The molecule has 7 heteroatoms. The SMILES string of the molecule is CCOc1ccccc1C(=O)NCc1ccc(COCC(F)(F)F)cc1. The summed E-state index contributed by atoms with van der Waals surface area (Å²) in [6.07, 6.45) is -4.33. The van der Waals surface area contributed by atoms with Gasteiger partial charge in [0.25, 0.3) is 5.91 Å². The number of rotatable bonds is 8. The van der Waals surface area contributed by atoms with Crippen molar-refractivity contribution in [2.45, 2.75) is 26.3 Å². The Morgan fingerprint density at radius 3 is 2.35 bits per heavy atom. The highest BCUT2D eigenvalue weighted by Gasteiger charge is 2.27. The highest BCUT2D eigenvalue weighted by molar-refractivity contribution is 5.96. The molecule has 26 heavy (non-hydrogen) atoms. The van der Waals surface area contributed by atoms with Gasteiger partial charge in [-0.1, -0.05) is 36.4 Å². The topological polar surface area (TPSA) is 47.6 Å². The maximum Gasteiger partial charge on any atom is 0.411 e. The van der Waals surface area contributed by atoms with Gasteiger partial charge in [-0.05, 0) is 30.2 Å². The molecule has 0 atom stereocenters. The summed E-state index contributed by atoms with van der Waals surface area (Å²) in [5.74, 6) is 0.260. The van der Waals surface area contributed by atoms with Crippen LogP contribution in [0, 0.1) is 0 Å². The molecule has 4 nitrogen and oxygen atoms in total. The number of amides is 1. The van der Waals surface area contributed by atoms with E-state index in [1.54, 1.807) is 48.5 Å². The minimum Gasteiger partial charge on any atom is -0.493 e. The van der Waals surface area contributed by atoms with E-state index in [2.05, 4.69) is 10.1 Å². The Labute approximate surface area is 149 Å². The first kappa shape index (κ1) is 19.8. The summed E-state index contributed by atoms with van der Waals surface area (Å²) < 4.78 is 46.2. The van der Waals surface area contributed by atoms with E-state index in [9.17, 15) is 18.0 Å². The summed E-state index contributed by atoms with van der Waals surface area (Å²) in [6, 6.07) is 13.8. The van der Waals surface area contributed by atoms with Gasteiger partial charge in [-0.2, -0.15) is 13.2 Å². The molecule has 2 rings (SSSR count). The van der Waals surface area contributed by atoms with Crippen LogP contribution in [0.3, 0.4) is 0 Å². The summed E-state index contributed by atoms with van der Waals surface area (Å²) in [4.78, 5) is 12.3. The number of halogens is 3. The Morgan fingerprint density at radius 1 is 1.04 bits per heavy atom. The van der Waals surface area contributed by atoms with Gasteiger partial charge in [0.15, 0.2) is 0 Å². The Hall–Kier alpha value is -2.54. The Kier molecular flexibility index (Phi) is 7.03. The summed E-state index contributed by atoms with van der Waals surface area (Å²) in [5, 5.41) is 2.80. The fraction of sp³-hybridized carbons (Fsp3) is 0.316. The van der Waals surface area contributed by atoms with Crippen LogP contribution >= 0.6 is 0 Å². The van der Waals surface area contributed by atoms with E-state index in [1.165, 1.54) is 0 Å². The molecule has 2 aromatic rings. The van der Waals surface area contributed by atoms with Crippen LogP contribution in [0.25, 0.3) is 0 Å². The molecular formula is C19H20F3NO3. The first-order valence-corrected chi connectivity index (χ1v) is 8.11. The molecule has 0 aliphatic heterocycles. The molecule has 0 saturated heterocycles. The zero-order chi connectivity index (χ0) is 19.0. The summed E-state index contributed by atoms with van der Waals surface area (Å²) in [6.45, 7) is 1.21. The van der Waals surface area contributed by atoms with Crippen LogP contribution in [-0.2, 0) is 17.9 Å². The number of nitrogens with one attached hydrogen (secondary N) is 1. The second-order valence-electron chi connectivity index (χ2n) is 5.54. The van der Waals surface area contributed by atoms with Gasteiger partial charge in [-0.15, -0.1) is 0 Å². The molecule has 0 aliphatic rings. The van der Waals surface area contributed by atoms with E-state index in [0.29, 0.717) is 30.0 Å². The van der Waals surface area contributed by atoms with Crippen molar-refractivity contribution in [1.82, 2.24) is 5.32 Å². The number of benzene rings is 2. The van der Waals surface area contributed by atoms with Crippen molar-refractivity contribution in [1.29, 1.82) is 0 Å². The largest absolute Gasteiger partial charge is 0.493 e. The molecule has 2 aromatic carbocycles. The van der Waals surface area contributed by atoms with Crippen LogP contribution in [0.4, 0.5) is 13.2 Å². The number of carbonyl (C=O) groups is 1. The molecule has 1 amide bonds. The normalized spacial score (nSPS) is 11.2. The van der Waals surface area contributed by atoms with E-state index in [-0.39, 0.29) is 12.5 Å². The Balaban J connectivity index is 1.87. The molecule has 0 bridgehead atoms. The van der Waals surface area contributed by atoms with Crippen molar-refractivity contribution < 1.29 is 27.4 Å². The average Bonchev–Trinajstić information content (AvgIpc) is 2.60. The highest BCUT2D eigenvalue weighted by atomic mass is 19.4. The molecule has 0 aromatic heterocycles. The Morgan fingerprint density at radius 2 is 1.69 bits per heavy atom. The minimum atomic E-state index is -4.33. The second-order valence-corrected chi connectivity index (χ2v) is 5.54. The third-order valence-corrected chi connectivity index (χ3v) is 3.44. The van der Waals surface area contributed by atoms with Crippen LogP contribution in [0.5, 0.6) is 5.75 Å². The molecule has 0 unspecified atom stereocenters. The van der Waals surface area contributed by atoms with Crippen molar-refractivity contribution in [2.24, 2.45) is 0 Å². The summed E-state index contributed by atoms with van der Waals surface area (Å²) in [5.41, 5.74) is 1.91.